The Morgan fingerprint density at radius 1 is 1.12 bits per heavy atom. The maximum absolute atomic E-state index is 13.0. The first-order chi connectivity index (χ1) is 12.6. The van der Waals surface area contributed by atoms with Crippen molar-refractivity contribution in [3.05, 3.63) is 46.2 Å². The standard InChI is InChI=1S/C17H19BrN4O3S/c18-14-3-1-2-4-16(14)26(23,24)22-6-5-13-11-19-17(20-15(13)12-22)21-7-9-25-10-8-21/h1-4,11H,5-10,12H2. The van der Waals surface area contributed by atoms with Gasteiger partial charge in [0, 0.05) is 30.3 Å². The van der Waals surface area contributed by atoms with Gasteiger partial charge in [-0.3, -0.25) is 0 Å². The number of hydrogen-bond donors (Lipinski definition) is 0. The van der Waals surface area contributed by atoms with E-state index in [1.807, 2.05) is 6.20 Å². The molecular formula is C17H19BrN4O3S. The third-order valence-electron chi connectivity index (χ3n) is 4.65. The van der Waals surface area contributed by atoms with Gasteiger partial charge in [0.05, 0.1) is 30.3 Å². The van der Waals surface area contributed by atoms with Crippen LogP contribution in [0.5, 0.6) is 0 Å². The summed E-state index contributed by atoms with van der Waals surface area (Å²) in [5.41, 5.74) is 1.80. The first-order valence-corrected chi connectivity index (χ1v) is 10.7. The second-order valence-electron chi connectivity index (χ2n) is 6.26. The van der Waals surface area contributed by atoms with Crippen molar-refractivity contribution in [2.24, 2.45) is 0 Å². The molecule has 0 atom stereocenters. The highest BCUT2D eigenvalue weighted by molar-refractivity contribution is 9.10. The van der Waals surface area contributed by atoms with Crippen LogP contribution in [0.2, 0.25) is 0 Å². The fourth-order valence-corrected chi connectivity index (χ4v) is 5.55. The molecule has 0 unspecified atom stereocenters. The number of benzene rings is 1. The molecule has 9 heteroatoms. The predicted octanol–water partition coefficient (Wildman–Crippen LogP) is 1.82. The van der Waals surface area contributed by atoms with Crippen LogP contribution in [0, 0.1) is 0 Å². The third-order valence-corrected chi connectivity index (χ3v) is 7.50. The SMILES string of the molecule is O=S(=O)(c1ccccc1Br)N1CCc2cnc(N3CCOCC3)nc2C1. The highest BCUT2D eigenvalue weighted by Gasteiger charge is 2.31. The molecule has 3 heterocycles. The summed E-state index contributed by atoms with van der Waals surface area (Å²) in [6, 6.07) is 6.89. The van der Waals surface area contributed by atoms with Crippen LogP contribution in [0.15, 0.2) is 39.8 Å². The average Bonchev–Trinajstić information content (AvgIpc) is 2.68. The normalized spacial score (nSPS) is 18.6. The minimum atomic E-state index is -3.58. The first-order valence-electron chi connectivity index (χ1n) is 8.48. The second-order valence-corrected chi connectivity index (χ2v) is 9.02. The zero-order valence-electron chi connectivity index (χ0n) is 14.1. The lowest BCUT2D eigenvalue weighted by atomic mass is 10.1. The van der Waals surface area contributed by atoms with Crippen LogP contribution in [0.3, 0.4) is 0 Å². The molecule has 0 aliphatic carbocycles. The summed E-state index contributed by atoms with van der Waals surface area (Å²) >= 11 is 3.34. The number of sulfonamides is 1. The van der Waals surface area contributed by atoms with Gasteiger partial charge in [-0.1, -0.05) is 12.1 Å². The Labute approximate surface area is 161 Å². The quantitative estimate of drug-likeness (QED) is 0.727. The number of nitrogens with zero attached hydrogens (tertiary/aromatic N) is 4. The summed E-state index contributed by atoms with van der Waals surface area (Å²) in [6.45, 7) is 3.50. The number of rotatable bonds is 3. The monoisotopic (exact) mass is 438 g/mol. The molecule has 138 valence electrons. The van der Waals surface area contributed by atoms with Gasteiger partial charge in [0.25, 0.3) is 0 Å². The molecule has 2 aliphatic heterocycles. The molecule has 0 saturated carbocycles. The molecule has 0 amide bonds. The van der Waals surface area contributed by atoms with Crippen LogP contribution in [0.25, 0.3) is 0 Å². The number of aromatic nitrogens is 2. The van der Waals surface area contributed by atoms with Crippen LogP contribution < -0.4 is 4.90 Å². The van der Waals surface area contributed by atoms with Crippen LogP contribution in [0.1, 0.15) is 11.3 Å². The number of ether oxygens (including phenoxy) is 1. The van der Waals surface area contributed by atoms with E-state index in [1.54, 1.807) is 24.3 Å². The molecular weight excluding hydrogens is 420 g/mol. The fraction of sp³-hybridized carbons (Fsp3) is 0.412. The number of anilines is 1. The molecule has 1 aromatic carbocycles. The summed E-state index contributed by atoms with van der Waals surface area (Å²) in [6.07, 6.45) is 2.44. The Kier molecular flexibility index (Phi) is 4.96. The molecule has 1 aromatic heterocycles. The largest absolute Gasteiger partial charge is 0.378 e. The Hall–Kier alpha value is -1.55. The van der Waals surface area contributed by atoms with E-state index >= 15 is 0 Å². The Morgan fingerprint density at radius 2 is 1.88 bits per heavy atom. The van der Waals surface area contributed by atoms with Gasteiger partial charge in [-0.2, -0.15) is 4.31 Å². The maximum atomic E-state index is 13.0. The van der Waals surface area contributed by atoms with Crippen molar-refractivity contribution >= 4 is 31.9 Å². The van der Waals surface area contributed by atoms with E-state index < -0.39 is 10.0 Å². The van der Waals surface area contributed by atoms with E-state index in [-0.39, 0.29) is 11.4 Å². The summed E-state index contributed by atoms with van der Waals surface area (Å²) in [4.78, 5) is 11.5. The number of fused-ring (bicyclic) bond motifs is 1. The maximum Gasteiger partial charge on any atom is 0.244 e. The number of hydrogen-bond acceptors (Lipinski definition) is 6. The molecule has 26 heavy (non-hydrogen) atoms. The topological polar surface area (TPSA) is 75.6 Å². The fourth-order valence-electron chi connectivity index (χ4n) is 3.18. The molecule has 1 saturated heterocycles. The lowest BCUT2D eigenvalue weighted by Crippen LogP contribution is -2.39. The third kappa shape index (κ3) is 3.36. The van der Waals surface area contributed by atoms with Crippen molar-refractivity contribution in [2.45, 2.75) is 17.9 Å². The smallest absolute Gasteiger partial charge is 0.244 e. The summed E-state index contributed by atoms with van der Waals surface area (Å²) in [7, 11) is -3.58. The Bertz CT molecular complexity index is 916. The van der Waals surface area contributed by atoms with Gasteiger partial charge in [0.15, 0.2) is 0 Å². The van der Waals surface area contributed by atoms with Crippen LogP contribution in [-0.4, -0.2) is 55.5 Å². The summed E-state index contributed by atoms with van der Waals surface area (Å²) in [5, 5.41) is 0. The van der Waals surface area contributed by atoms with E-state index in [9.17, 15) is 8.42 Å². The van der Waals surface area contributed by atoms with Crippen molar-refractivity contribution < 1.29 is 13.2 Å². The second kappa shape index (κ2) is 7.22. The highest BCUT2D eigenvalue weighted by atomic mass is 79.9. The lowest BCUT2D eigenvalue weighted by Gasteiger charge is -2.30. The van der Waals surface area contributed by atoms with Crippen LogP contribution >= 0.6 is 15.9 Å². The molecule has 0 N–H and O–H groups in total. The molecule has 0 radical (unpaired) electrons. The zero-order chi connectivity index (χ0) is 18.1. The van der Waals surface area contributed by atoms with Gasteiger partial charge in [-0.05, 0) is 40.0 Å². The van der Waals surface area contributed by atoms with Gasteiger partial charge in [0.1, 0.15) is 0 Å². The Morgan fingerprint density at radius 3 is 2.65 bits per heavy atom. The molecule has 2 aliphatic rings. The van der Waals surface area contributed by atoms with E-state index in [4.69, 9.17) is 4.74 Å². The highest BCUT2D eigenvalue weighted by Crippen LogP contribution is 2.28. The van der Waals surface area contributed by atoms with Crippen LogP contribution in [0.4, 0.5) is 5.95 Å². The van der Waals surface area contributed by atoms with Gasteiger partial charge in [-0.25, -0.2) is 18.4 Å². The van der Waals surface area contributed by atoms with Crippen LogP contribution in [-0.2, 0) is 27.7 Å². The van der Waals surface area contributed by atoms with Gasteiger partial charge in [0.2, 0.25) is 16.0 Å². The van der Waals surface area contributed by atoms with Crippen molar-refractivity contribution in [2.75, 3.05) is 37.7 Å². The number of halogens is 1. The molecule has 0 spiro atoms. The van der Waals surface area contributed by atoms with Crippen molar-refractivity contribution in [3.8, 4) is 0 Å². The lowest BCUT2D eigenvalue weighted by molar-refractivity contribution is 0.122. The summed E-state index contributed by atoms with van der Waals surface area (Å²) in [5.74, 6) is 0.646. The van der Waals surface area contributed by atoms with E-state index in [2.05, 4.69) is 30.8 Å². The number of morpholine rings is 1. The minimum Gasteiger partial charge on any atom is -0.378 e. The van der Waals surface area contributed by atoms with E-state index in [0.717, 1.165) is 24.3 Å². The summed E-state index contributed by atoms with van der Waals surface area (Å²) < 4.78 is 33.5. The van der Waals surface area contributed by atoms with E-state index in [0.29, 0.717) is 36.6 Å². The molecule has 1 fully saturated rings. The zero-order valence-corrected chi connectivity index (χ0v) is 16.5. The van der Waals surface area contributed by atoms with Crippen molar-refractivity contribution in [1.29, 1.82) is 0 Å². The predicted molar refractivity (Wildman–Crippen MR) is 101 cm³/mol. The van der Waals surface area contributed by atoms with Gasteiger partial charge < -0.3 is 9.64 Å². The molecule has 0 bridgehead atoms. The average molecular weight is 439 g/mol. The molecule has 4 rings (SSSR count). The van der Waals surface area contributed by atoms with E-state index in [1.165, 1.54) is 4.31 Å². The minimum absolute atomic E-state index is 0.263. The first kappa shape index (κ1) is 17.8. The Balaban J connectivity index is 1.61. The van der Waals surface area contributed by atoms with Crippen molar-refractivity contribution in [3.63, 3.8) is 0 Å². The van der Waals surface area contributed by atoms with Crippen molar-refractivity contribution in [1.82, 2.24) is 14.3 Å². The molecule has 7 nitrogen and oxygen atoms in total. The van der Waals surface area contributed by atoms with Gasteiger partial charge in [-0.15, -0.1) is 0 Å². The molecule has 2 aromatic rings. The van der Waals surface area contributed by atoms with Gasteiger partial charge >= 0.3 is 0 Å².